The van der Waals surface area contributed by atoms with E-state index in [9.17, 15) is 8.42 Å². The molecule has 1 aliphatic heterocycles. The lowest BCUT2D eigenvalue weighted by molar-refractivity contribution is 0.0264. The Labute approximate surface area is 132 Å². The minimum absolute atomic E-state index is 0.0210. The fraction of sp³-hybridized carbons (Fsp3) is 0.600. The molecule has 2 rings (SSSR count). The van der Waals surface area contributed by atoms with Gasteiger partial charge in [-0.05, 0) is 30.9 Å². The normalized spacial score (nSPS) is 20.6. The van der Waals surface area contributed by atoms with Crippen LogP contribution in [0.5, 0.6) is 0 Å². The summed E-state index contributed by atoms with van der Waals surface area (Å²) in [6, 6.07) is 7.43. The third-order valence-corrected chi connectivity index (χ3v) is 5.76. The molecule has 1 heterocycles. The van der Waals surface area contributed by atoms with Crippen molar-refractivity contribution >= 4 is 21.6 Å². The van der Waals surface area contributed by atoms with Crippen LogP contribution < -0.4 is 0 Å². The monoisotopic (exact) mass is 331 g/mol. The summed E-state index contributed by atoms with van der Waals surface area (Å²) in [6.45, 7) is 3.61. The lowest BCUT2D eigenvalue weighted by atomic mass is 10.1. The fourth-order valence-corrected chi connectivity index (χ4v) is 4.38. The minimum atomic E-state index is -3.30. The van der Waals surface area contributed by atoms with E-state index in [1.165, 1.54) is 0 Å². The number of benzene rings is 1. The Hall–Kier alpha value is -0.620. The highest BCUT2D eigenvalue weighted by molar-refractivity contribution is 7.88. The molecule has 0 spiro atoms. The van der Waals surface area contributed by atoms with Crippen LogP contribution in [0.3, 0.4) is 0 Å². The predicted octanol–water partition coefficient (Wildman–Crippen LogP) is 2.76. The summed E-state index contributed by atoms with van der Waals surface area (Å²) in [4.78, 5) is 0. The Bertz CT molecular complexity index is 560. The number of hydrogen-bond donors (Lipinski definition) is 0. The SMILES string of the molecule is CCOC1CCCN(S(=O)(=O)Cc2cccc(CCl)c2)C1. The number of nitrogens with zero attached hydrogens (tertiary/aromatic N) is 1. The van der Waals surface area contributed by atoms with Gasteiger partial charge in [0, 0.05) is 25.6 Å². The fourth-order valence-electron chi connectivity index (χ4n) is 2.63. The molecule has 0 radical (unpaired) electrons. The molecule has 1 aromatic rings. The Morgan fingerprint density at radius 2 is 2.14 bits per heavy atom. The van der Waals surface area contributed by atoms with Crippen LogP contribution in [0, 0.1) is 0 Å². The van der Waals surface area contributed by atoms with Crippen LogP contribution in [0.4, 0.5) is 0 Å². The van der Waals surface area contributed by atoms with Crippen molar-refractivity contribution in [2.45, 2.75) is 37.5 Å². The second kappa shape index (κ2) is 7.58. The third-order valence-electron chi connectivity index (χ3n) is 3.63. The number of alkyl halides is 1. The van der Waals surface area contributed by atoms with Gasteiger partial charge in [0.25, 0.3) is 0 Å². The number of piperidine rings is 1. The summed E-state index contributed by atoms with van der Waals surface area (Å²) in [5.74, 6) is 0.417. The van der Waals surface area contributed by atoms with Crippen LogP contribution in [0.25, 0.3) is 0 Å². The average Bonchev–Trinajstić information content (AvgIpc) is 2.48. The molecule has 0 saturated carbocycles. The van der Waals surface area contributed by atoms with Gasteiger partial charge < -0.3 is 4.74 Å². The highest BCUT2D eigenvalue weighted by Gasteiger charge is 2.29. The predicted molar refractivity (Wildman–Crippen MR) is 84.8 cm³/mol. The quantitative estimate of drug-likeness (QED) is 0.753. The maximum atomic E-state index is 12.5. The van der Waals surface area contributed by atoms with Gasteiger partial charge in [-0.25, -0.2) is 8.42 Å². The molecule has 1 unspecified atom stereocenters. The van der Waals surface area contributed by atoms with E-state index in [0.29, 0.717) is 25.6 Å². The Morgan fingerprint density at radius 1 is 1.38 bits per heavy atom. The molecule has 6 heteroatoms. The molecule has 1 atom stereocenters. The summed E-state index contributed by atoms with van der Waals surface area (Å²) in [5.41, 5.74) is 1.72. The van der Waals surface area contributed by atoms with Crippen LogP contribution >= 0.6 is 11.6 Å². The first-order valence-corrected chi connectivity index (χ1v) is 9.42. The van der Waals surface area contributed by atoms with Gasteiger partial charge in [-0.2, -0.15) is 4.31 Å². The highest BCUT2D eigenvalue weighted by Crippen LogP contribution is 2.20. The van der Waals surface area contributed by atoms with Gasteiger partial charge in [0.1, 0.15) is 0 Å². The first kappa shape index (κ1) is 16.7. The summed E-state index contributed by atoms with van der Waals surface area (Å²) >= 11 is 5.80. The molecule has 0 aromatic heterocycles. The van der Waals surface area contributed by atoms with Crippen molar-refractivity contribution < 1.29 is 13.2 Å². The molecule has 0 aliphatic carbocycles. The van der Waals surface area contributed by atoms with Gasteiger partial charge in [-0.15, -0.1) is 11.6 Å². The summed E-state index contributed by atoms with van der Waals surface area (Å²) < 4.78 is 32.2. The Balaban J connectivity index is 2.06. The zero-order valence-corrected chi connectivity index (χ0v) is 13.9. The number of halogens is 1. The maximum absolute atomic E-state index is 12.5. The van der Waals surface area contributed by atoms with Crippen molar-refractivity contribution in [1.82, 2.24) is 4.31 Å². The van der Waals surface area contributed by atoms with Crippen LogP contribution in [0.1, 0.15) is 30.9 Å². The first-order chi connectivity index (χ1) is 10.0. The van der Waals surface area contributed by atoms with E-state index in [-0.39, 0.29) is 11.9 Å². The zero-order chi connectivity index (χ0) is 15.3. The van der Waals surface area contributed by atoms with Gasteiger partial charge in [0.05, 0.1) is 11.9 Å². The molecule has 1 saturated heterocycles. The van der Waals surface area contributed by atoms with E-state index in [0.717, 1.165) is 24.0 Å². The summed E-state index contributed by atoms with van der Waals surface area (Å²) in [7, 11) is -3.30. The molecule has 4 nitrogen and oxygen atoms in total. The van der Waals surface area contributed by atoms with Crippen molar-refractivity contribution in [2.24, 2.45) is 0 Å². The van der Waals surface area contributed by atoms with Crippen molar-refractivity contribution in [1.29, 1.82) is 0 Å². The van der Waals surface area contributed by atoms with E-state index >= 15 is 0 Å². The molecule has 1 aromatic carbocycles. The standard InChI is InChI=1S/C15H22ClNO3S/c1-2-20-15-7-4-8-17(11-15)21(18,19)12-14-6-3-5-13(9-14)10-16/h3,5-6,9,15H,2,4,7-8,10-12H2,1H3. The highest BCUT2D eigenvalue weighted by atomic mass is 35.5. The van der Waals surface area contributed by atoms with Crippen LogP contribution in [-0.2, 0) is 26.4 Å². The van der Waals surface area contributed by atoms with E-state index in [1.54, 1.807) is 4.31 Å². The van der Waals surface area contributed by atoms with Crippen molar-refractivity contribution in [2.75, 3.05) is 19.7 Å². The second-order valence-corrected chi connectivity index (χ2v) is 7.52. The lowest BCUT2D eigenvalue weighted by Crippen LogP contribution is -2.43. The van der Waals surface area contributed by atoms with Crippen LogP contribution in [0.2, 0.25) is 0 Å². The van der Waals surface area contributed by atoms with E-state index in [4.69, 9.17) is 16.3 Å². The van der Waals surface area contributed by atoms with Gasteiger partial charge in [-0.1, -0.05) is 24.3 Å². The van der Waals surface area contributed by atoms with Gasteiger partial charge in [-0.3, -0.25) is 0 Å². The Morgan fingerprint density at radius 3 is 2.86 bits per heavy atom. The van der Waals surface area contributed by atoms with Crippen molar-refractivity contribution in [3.8, 4) is 0 Å². The third kappa shape index (κ3) is 4.68. The minimum Gasteiger partial charge on any atom is -0.377 e. The topological polar surface area (TPSA) is 46.6 Å². The van der Waals surface area contributed by atoms with Crippen molar-refractivity contribution in [3.05, 3.63) is 35.4 Å². The molecule has 1 fully saturated rings. The van der Waals surface area contributed by atoms with Gasteiger partial charge >= 0.3 is 0 Å². The van der Waals surface area contributed by atoms with Crippen molar-refractivity contribution in [3.63, 3.8) is 0 Å². The average molecular weight is 332 g/mol. The Kier molecular flexibility index (Phi) is 6.05. The summed E-state index contributed by atoms with van der Waals surface area (Å²) in [6.07, 6.45) is 1.81. The number of sulfonamides is 1. The van der Waals surface area contributed by atoms with Gasteiger partial charge in [0.15, 0.2) is 0 Å². The smallest absolute Gasteiger partial charge is 0.218 e. The zero-order valence-electron chi connectivity index (χ0n) is 12.3. The lowest BCUT2D eigenvalue weighted by Gasteiger charge is -2.31. The first-order valence-electron chi connectivity index (χ1n) is 7.28. The molecule has 21 heavy (non-hydrogen) atoms. The number of hydrogen-bond acceptors (Lipinski definition) is 3. The van der Waals surface area contributed by atoms with Crippen LogP contribution in [0.15, 0.2) is 24.3 Å². The van der Waals surface area contributed by atoms with Crippen LogP contribution in [-0.4, -0.2) is 38.5 Å². The second-order valence-electron chi connectivity index (χ2n) is 5.29. The van der Waals surface area contributed by atoms with E-state index < -0.39 is 10.0 Å². The van der Waals surface area contributed by atoms with E-state index in [1.807, 2.05) is 31.2 Å². The van der Waals surface area contributed by atoms with E-state index in [2.05, 4.69) is 0 Å². The molecular weight excluding hydrogens is 310 g/mol. The molecule has 0 amide bonds. The maximum Gasteiger partial charge on any atom is 0.218 e. The largest absolute Gasteiger partial charge is 0.377 e. The van der Waals surface area contributed by atoms with Gasteiger partial charge in [0.2, 0.25) is 10.0 Å². The molecule has 0 N–H and O–H groups in total. The number of rotatable bonds is 6. The molecule has 0 bridgehead atoms. The molecule has 118 valence electrons. The molecular formula is C15H22ClNO3S. The summed E-state index contributed by atoms with van der Waals surface area (Å²) in [5, 5.41) is 0. The number of ether oxygens (including phenoxy) is 1. The molecule has 1 aliphatic rings.